The number of nitrogens with zero attached hydrogens (tertiary/aromatic N) is 1. The lowest BCUT2D eigenvalue weighted by molar-refractivity contribution is 0.350. The molecule has 0 aromatic heterocycles. The predicted octanol–water partition coefficient (Wildman–Crippen LogP) is 3.83. The third kappa shape index (κ3) is 2.02. The van der Waals surface area contributed by atoms with Gasteiger partial charge in [0.1, 0.15) is 5.82 Å². The van der Waals surface area contributed by atoms with E-state index >= 15 is 0 Å². The molecule has 1 aromatic carbocycles. The second-order valence-corrected chi connectivity index (χ2v) is 4.50. The van der Waals surface area contributed by atoms with Gasteiger partial charge in [0.2, 0.25) is 0 Å². The Bertz CT molecular complexity index is 470. The summed E-state index contributed by atoms with van der Waals surface area (Å²) in [7, 11) is 0. The second kappa shape index (κ2) is 4.40. The van der Waals surface area contributed by atoms with Crippen molar-refractivity contribution in [3.05, 3.63) is 35.1 Å². The summed E-state index contributed by atoms with van der Waals surface area (Å²) in [4.78, 5) is 0. The number of nitriles is 1. The number of halogens is 3. The molecule has 0 amide bonds. The summed E-state index contributed by atoms with van der Waals surface area (Å²) >= 11 is 0. The van der Waals surface area contributed by atoms with Crippen molar-refractivity contribution in [2.75, 3.05) is 0 Å². The van der Waals surface area contributed by atoms with Gasteiger partial charge >= 0.3 is 0 Å². The molecule has 0 spiro atoms. The highest BCUT2D eigenvalue weighted by molar-refractivity contribution is 5.35. The van der Waals surface area contributed by atoms with E-state index in [1.165, 1.54) is 0 Å². The van der Waals surface area contributed by atoms with Crippen LogP contribution in [0.25, 0.3) is 0 Å². The molecule has 1 fully saturated rings. The quantitative estimate of drug-likeness (QED) is 0.683. The van der Waals surface area contributed by atoms with Crippen LogP contribution in [0, 0.1) is 28.8 Å². The average molecular weight is 239 g/mol. The fourth-order valence-corrected chi connectivity index (χ4v) is 2.49. The fraction of sp³-hybridized carbons (Fsp3) is 0.462. The molecule has 0 radical (unpaired) electrons. The molecule has 2 rings (SSSR count). The van der Waals surface area contributed by atoms with Gasteiger partial charge in [-0.15, -0.1) is 0 Å². The monoisotopic (exact) mass is 239 g/mol. The maximum Gasteiger partial charge on any atom is 0.161 e. The van der Waals surface area contributed by atoms with Crippen LogP contribution in [0.5, 0.6) is 0 Å². The molecule has 1 nitrogen and oxygen atoms in total. The van der Waals surface area contributed by atoms with Crippen LogP contribution in [0.2, 0.25) is 0 Å². The lowest BCUT2D eigenvalue weighted by Gasteiger charge is -2.31. The molecule has 90 valence electrons. The molecule has 0 N–H and O–H groups in total. The Kier molecular flexibility index (Phi) is 3.10. The first-order valence-electron chi connectivity index (χ1n) is 5.65. The van der Waals surface area contributed by atoms with Crippen molar-refractivity contribution in [3.8, 4) is 6.07 Å². The fourth-order valence-electron chi connectivity index (χ4n) is 2.49. The molecule has 0 unspecified atom stereocenters. The van der Waals surface area contributed by atoms with Crippen LogP contribution >= 0.6 is 0 Å². The van der Waals surface area contributed by atoms with Crippen LogP contribution in [-0.4, -0.2) is 0 Å². The number of benzene rings is 1. The van der Waals surface area contributed by atoms with Gasteiger partial charge in [0, 0.05) is 11.6 Å². The van der Waals surface area contributed by atoms with Gasteiger partial charge in [-0.2, -0.15) is 5.26 Å². The Morgan fingerprint density at radius 1 is 0.941 bits per heavy atom. The number of rotatable bonds is 1. The topological polar surface area (TPSA) is 23.8 Å². The van der Waals surface area contributed by atoms with Crippen molar-refractivity contribution < 1.29 is 13.2 Å². The molecule has 1 saturated carbocycles. The Morgan fingerprint density at radius 2 is 1.53 bits per heavy atom. The maximum atomic E-state index is 13.7. The number of hydrogen-bond acceptors (Lipinski definition) is 1. The van der Waals surface area contributed by atoms with Crippen LogP contribution in [0.1, 0.15) is 37.7 Å². The van der Waals surface area contributed by atoms with Gasteiger partial charge < -0.3 is 0 Å². The summed E-state index contributed by atoms with van der Waals surface area (Å²) in [6.07, 6.45) is 3.63. The van der Waals surface area contributed by atoms with Crippen LogP contribution < -0.4 is 0 Å². The molecule has 1 aromatic rings. The molecule has 1 aliphatic carbocycles. The maximum absolute atomic E-state index is 13.7. The minimum Gasteiger partial charge on any atom is -0.207 e. The summed E-state index contributed by atoms with van der Waals surface area (Å²) < 4.78 is 39.7. The SMILES string of the molecule is N#CC1(c2cc(F)c(F)cc2F)CCCCC1. The van der Waals surface area contributed by atoms with E-state index in [-0.39, 0.29) is 5.56 Å². The van der Waals surface area contributed by atoms with Crippen molar-refractivity contribution in [3.63, 3.8) is 0 Å². The summed E-state index contributed by atoms with van der Waals surface area (Å²) in [5.41, 5.74) is -0.991. The van der Waals surface area contributed by atoms with Crippen LogP contribution in [0.4, 0.5) is 13.2 Å². The molecule has 0 saturated heterocycles. The highest BCUT2D eigenvalue weighted by atomic mass is 19.2. The summed E-state index contributed by atoms with van der Waals surface area (Å²) in [5.74, 6) is -3.14. The van der Waals surface area contributed by atoms with Crippen molar-refractivity contribution in [2.45, 2.75) is 37.5 Å². The predicted molar refractivity (Wildman–Crippen MR) is 56.7 cm³/mol. The van der Waals surface area contributed by atoms with Gasteiger partial charge in [-0.05, 0) is 18.9 Å². The van der Waals surface area contributed by atoms with E-state index < -0.39 is 22.9 Å². The first-order valence-corrected chi connectivity index (χ1v) is 5.65. The van der Waals surface area contributed by atoms with E-state index in [1.807, 2.05) is 0 Å². The average Bonchev–Trinajstić information content (AvgIpc) is 2.34. The van der Waals surface area contributed by atoms with Crippen molar-refractivity contribution in [1.29, 1.82) is 5.26 Å². The van der Waals surface area contributed by atoms with Gasteiger partial charge in [0.25, 0.3) is 0 Å². The molecule has 0 heterocycles. The van der Waals surface area contributed by atoms with Gasteiger partial charge in [0.15, 0.2) is 11.6 Å². The van der Waals surface area contributed by atoms with Crippen molar-refractivity contribution >= 4 is 0 Å². The third-order valence-electron chi connectivity index (χ3n) is 3.45. The van der Waals surface area contributed by atoms with E-state index in [4.69, 9.17) is 0 Å². The molecular weight excluding hydrogens is 227 g/mol. The summed E-state index contributed by atoms with van der Waals surface area (Å²) in [5, 5.41) is 9.25. The molecule has 17 heavy (non-hydrogen) atoms. The van der Waals surface area contributed by atoms with Crippen LogP contribution in [0.3, 0.4) is 0 Å². The highest BCUT2D eigenvalue weighted by Crippen LogP contribution is 2.40. The largest absolute Gasteiger partial charge is 0.207 e. The molecule has 0 bridgehead atoms. The van der Waals surface area contributed by atoms with E-state index in [0.717, 1.165) is 25.3 Å². The minimum atomic E-state index is -1.21. The first-order chi connectivity index (χ1) is 8.09. The van der Waals surface area contributed by atoms with Gasteiger partial charge in [0.05, 0.1) is 11.5 Å². The van der Waals surface area contributed by atoms with Crippen molar-refractivity contribution in [2.24, 2.45) is 0 Å². The zero-order valence-electron chi connectivity index (χ0n) is 9.27. The van der Waals surface area contributed by atoms with Crippen LogP contribution in [0.15, 0.2) is 12.1 Å². The van der Waals surface area contributed by atoms with E-state index in [1.54, 1.807) is 0 Å². The second-order valence-electron chi connectivity index (χ2n) is 4.50. The smallest absolute Gasteiger partial charge is 0.161 e. The zero-order valence-corrected chi connectivity index (χ0v) is 9.27. The Balaban J connectivity index is 2.51. The van der Waals surface area contributed by atoms with E-state index in [0.29, 0.717) is 18.9 Å². The molecular formula is C13H12F3N. The lowest BCUT2D eigenvalue weighted by atomic mass is 9.70. The Morgan fingerprint density at radius 3 is 2.12 bits per heavy atom. The minimum absolute atomic E-state index is 0.00130. The molecule has 0 atom stereocenters. The standard InChI is InChI=1S/C13H12F3N/c14-10-7-12(16)11(15)6-9(10)13(8-17)4-2-1-3-5-13/h6-7H,1-5H2. The van der Waals surface area contributed by atoms with Crippen LogP contribution in [-0.2, 0) is 5.41 Å². The molecule has 1 aliphatic rings. The summed E-state index contributed by atoms with van der Waals surface area (Å²) in [6, 6.07) is 3.45. The van der Waals surface area contributed by atoms with E-state index in [2.05, 4.69) is 6.07 Å². The Hall–Kier alpha value is -1.50. The van der Waals surface area contributed by atoms with E-state index in [9.17, 15) is 18.4 Å². The normalized spacial score (nSPS) is 18.7. The van der Waals surface area contributed by atoms with Gasteiger partial charge in [-0.25, -0.2) is 13.2 Å². The molecule has 4 heteroatoms. The highest BCUT2D eigenvalue weighted by Gasteiger charge is 2.37. The molecule has 0 aliphatic heterocycles. The number of hydrogen-bond donors (Lipinski definition) is 0. The third-order valence-corrected chi connectivity index (χ3v) is 3.45. The summed E-state index contributed by atoms with van der Waals surface area (Å²) in [6.45, 7) is 0. The zero-order chi connectivity index (χ0) is 12.5. The first kappa shape index (κ1) is 12.0. The Labute approximate surface area is 97.9 Å². The lowest BCUT2D eigenvalue weighted by Crippen LogP contribution is -2.28. The van der Waals surface area contributed by atoms with Gasteiger partial charge in [-0.3, -0.25) is 0 Å². The van der Waals surface area contributed by atoms with Crippen molar-refractivity contribution in [1.82, 2.24) is 0 Å². The van der Waals surface area contributed by atoms with Gasteiger partial charge in [-0.1, -0.05) is 19.3 Å².